The predicted octanol–water partition coefficient (Wildman–Crippen LogP) is 4.66. The molecule has 2 atom stereocenters. The maximum Gasteiger partial charge on any atom is 0.225 e. The van der Waals surface area contributed by atoms with Crippen molar-refractivity contribution in [2.24, 2.45) is 23.0 Å². The van der Waals surface area contributed by atoms with Gasteiger partial charge in [0.2, 0.25) is 5.91 Å². The van der Waals surface area contributed by atoms with Gasteiger partial charge in [0.05, 0.1) is 19.0 Å². The number of hydrogen-bond acceptors (Lipinski definition) is 7. The van der Waals surface area contributed by atoms with Crippen LogP contribution in [-0.2, 0) is 14.3 Å². The van der Waals surface area contributed by atoms with Crippen LogP contribution in [0, 0.1) is 17.3 Å². The van der Waals surface area contributed by atoms with Gasteiger partial charge in [-0.25, -0.2) is 0 Å². The molecule has 2 aliphatic heterocycles. The van der Waals surface area contributed by atoms with Gasteiger partial charge in [0.15, 0.2) is 0 Å². The summed E-state index contributed by atoms with van der Waals surface area (Å²) in [5, 5.41) is 6.20. The van der Waals surface area contributed by atoms with Crippen LogP contribution in [0.1, 0.15) is 74.1 Å². The van der Waals surface area contributed by atoms with Crippen LogP contribution in [0.3, 0.4) is 0 Å². The van der Waals surface area contributed by atoms with E-state index in [1.807, 2.05) is 20.8 Å². The number of halogens is 1. The van der Waals surface area contributed by atoms with Crippen molar-refractivity contribution in [3.8, 4) is 0 Å². The molecule has 2 fully saturated rings. The van der Waals surface area contributed by atoms with E-state index in [9.17, 15) is 4.79 Å². The Balaban J connectivity index is 0. The molecule has 2 rings (SSSR count). The molecule has 2 unspecified atom stereocenters. The first-order valence-corrected chi connectivity index (χ1v) is 15.3. The molecule has 4 N–H and O–H groups in total. The van der Waals surface area contributed by atoms with Gasteiger partial charge in [-0.2, -0.15) is 0 Å². The summed E-state index contributed by atoms with van der Waals surface area (Å²) in [5.74, 6) is 2.15. The summed E-state index contributed by atoms with van der Waals surface area (Å²) in [6, 6.07) is 0. The highest BCUT2D eigenvalue weighted by molar-refractivity contribution is 5.85. The molecular formula is C31H64ClN5O3. The lowest BCUT2D eigenvalue weighted by Crippen LogP contribution is -2.43. The number of allylic oxidation sites excluding steroid dienone is 2. The molecule has 0 spiro atoms. The SMILES string of the molecule is C=C(C(C)CC)N1CCNCC1.C=C(OCCN1CCOCC1)C(C)CC.CCC(C)(C)C(=O)NCCCN.Cl. The number of rotatable bonds is 14. The van der Waals surface area contributed by atoms with Crippen molar-refractivity contribution in [3.05, 3.63) is 24.6 Å². The van der Waals surface area contributed by atoms with Gasteiger partial charge < -0.3 is 30.7 Å². The Labute approximate surface area is 253 Å². The zero-order chi connectivity index (χ0) is 29.7. The molecule has 0 aromatic rings. The lowest BCUT2D eigenvalue weighted by atomic mass is 9.89. The Kier molecular flexibility index (Phi) is 24.8. The number of amides is 1. The summed E-state index contributed by atoms with van der Waals surface area (Å²) >= 11 is 0. The smallest absolute Gasteiger partial charge is 0.225 e. The maximum atomic E-state index is 11.4. The van der Waals surface area contributed by atoms with E-state index < -0.39 is 0 Å². The molecule has 2 heterocycles. The maximum absolute atomic E-state index is 11.4. The number of morpholine rings is 1. The molecule has 1 amide bonds. The molecule has 0 aromatic carbocycles. The molecule has 8 nitrogen and oxygen atoms in total. The largest absolute Gasteiger partial charge is 0.497 e. The standard InChI is InChI=1S/C12H23NO2.C10H20N2.C9H20N2O.ClH/c1-4-11(2)12(3)15-10-7-13-5-8-14-9-6-13;1-4-9(2)10(3)12-7-5-11-6-8-12;1-4-9(2,3)8(12)11-7-5-6-10;/h11H,3-10H2,1-2H3;9,11H,3-8H2,1-2H3;4-7,10H2,1-3H3,(H,11,12);1H. The number of piperazine rings is 1. The average Bonchev–Trinajstić information content (AvgIpc) is 2.97. The van der Waals surface area contributed by atoms with Crippen molar-refractivity contribution < 1.29 is 14.3 Å². The number of ether oxygens (including phenoxy) is 2. The van der Waals surface area contributed by atoms with Gasteiger partial charge in [0.1, 0.15) is 6.61 Å². The predicted molar refractivity (Wildman–Crippen MR) is 173 cm³/mol. The number of hydrogen-bond donors (Lipinski definition) is 3. The molecule has 0 aliphatic carbocycles. The Morgan fingerprint density at radius 1 is 1.05 bits per heavy atom. The van der Waals surface area contributed by atoms with Crippen LogP contribution < -0.4 is 16.4 Å². The molecule has 0 bridgehead atoms. The Morgan fingerprint density at radius 3 is 2.12 bits per heavy atom. The molecule has 2 saturated heterocycles. The zero-order valence-electron chi connectivity index (χ0n) is 27.0. The van der Waals surface area contributed by atoms with Gasteiger partial charge in [-0.3, -0.25) is 9.69 Å². The summed E-state index contributed by atoms with van der Waals surface area (Å²) < 4.78 is 10.9. The fourth-order valence-electron chi connectivity index (χ4n) is 3.70. The van der Waals surface area contributed by atoms with Crippen LogP contribution in [0.25, 0.3) is 0 Å². The highest BCUT2D eigenvalue weighted by Crippen LogP contribution is 2.19. The van der Waals surface area contributed by atoms with Crippen molar-refractivity contribution in [1.82, 2.24) is 20.4 Å². The monoisotopic (exact) mass is 589 g/mol. The van der Waals surface area contributed by atoms with E-state index in [4.69, 9.17) is 15.2 Å². The first-order valence-electron chi connectivity index (χ1n) is 15.3. The highest BCUT2D eigenvalue weighted by Gasteiger charge is 2.24. The van der Waals surface area contributed by atoms with E-state index >= 15 is 0 Å². The van der Waals surface area contributed by atoms with Crippen molar-refractivity contribution >= 4 is 18.3 Å². The second kappa shape index (κ2) is 24.3. The van der Waals surface area contributed by atoms with Crippen LogP contribution >= 0.6 is 12.4 Å². The molecule has 238 valence electrons. The third kappa shape index (κ3) is 18.2. The van der Waals surface area contributed by atoms with Gasteiger partial charge in [0.25, 0.3) is 0 Å². The summed E-state index contributed by atoms with van der Waals surface area (Å²) in [4.78, 5) is 16.2. The van der Waals surface area contributed by atoms with E-state index in [1.165, 1.54) is 12.1 Å². The lowest BCUT2D eigenvalue weighted by molar-refractivity contribution is -0.129. The van der Waals surface area contributed by atoms with Crippen molar-refractivity contribution in [2.45, 2.75) is 74.1 Å². The highest BCUT2D eigenvalue weighted by atomic mass is 35.5. The van der Waals surface area contributed by atoms with Crippen molar-refractivity contribution in [2.75, 3.05) is 78.7 Å². The summed E-state index contributed by atoms with van der Waals surface area (Å²) in [6.07, 6.45) is 4.01. The summed E-state index contributed by atoms with van der Waals surface area (Å²) in [6.45, 7) is 34.1. The van der Waals surface area contributed by atoms with Gasteiger partial charge in [-0.05, 0) is 38.1 Å². The molecule has 0 aromatic heterocycles. The van der Waals surface area contributed by atoms with Gasteiger partial charge >= 0.3 is 0 Å². The number of carbonyl (C=O) groups is 1. The lowest BCUT2D eigenvalue weighted by Gasteiger charge is -2.33. The third-order valence-electron chi connectivity index (χ3n) is 7.83. The fourth-order valence-corrected chi connectivity index (χ4v) is 3.70. The molecular weight excluding hydrogens is 526 g/mol. The minimum atomic E-state index is -0.241. The van der Waals surface area contributed by atoms with Crippen molar-refractivity contribution in [3.63, 3.8) is 0 Å². The van der Waals surface area contributed by atoms with E-state index in [0.29, 0.717) is 24.9 Å². The summed E-state index contributed by atoms with van der Waals surface area (Å²) in [7, 11) is 0. The first-order chi connectivity index (χ1) is 18.5. The Hall–Kier alpha value is -1.32. The normalized spacial score (nSPS) is 17.1. The number of nitrogens with one attached hydrogen (secondary N) is 2. The van der Waals surface area contributed by atoms with Crippen molar-refractivity contribution in [1.29, 1.82) is 0 Å². The summed E-state index contributed by atoms with van der Waals surface area (Å²) in [5.41, 5.74) is 6.38. The second-order valence-electron chi connectivity index (χ2n) is 11.3. The van der Waals surface area contributed by atoms with Gasteiger partial charge in [0, 0.05) is 69.4 Å². The molecule has 2 aliphatic rings. The van der Waals surface area contributed by atoms with Gasteiger partial charge in [-0.15, -0.1) is 12.4 Å². The molecule has 40 heavy (non-hydrogen) atoms. The molecule has 9 heteroatoms. The molecule has 0 saturated carbocycles. The van der Waals surface area contributed by atoms with E-state index in [1.54, 1.807) is 0 Å². The van der Waals surface area contributed by atoms with E-state index in [2.05, 4.69) is 61.3 Å². The van der Waals surface area contributed by atoms with Gasteiger partial charge in [-0.1, -0.05) is 61.6 Å². The Morgan fingerprint density at radius 2 is 1.62 bits per heavy atom. The zero-order valence-corrected chi connectivity index (χ0v) is 27.8. The van der Waals surface area contributed by atoms with Crippen LogP contribution in [0.5, 0.6) is 0 Å². The van der Waals surface area contributed by atoms with E-state index in [0.717, 1.165) is 90.7 Å². The van der Waals surface area contributed by atoms with E-state index in [-0.39, 0.29) is 23.7 Å². The Bertz CT molecular complexity index is 665. The minimum absolute atomic E-state index is 0. The van der Waals surface area contributed by atoms with Crippen LogP contribution in [0.15, 0.2) is 24.6 Å². The first kappa shape index (κ1) is 40.8. The quantitative estimate of drug-likeness (QED) is 0.200. The number of nitrogens with zero attached hydrogens (tertiary/aromatic N) is 2. The fraction of sp³-hybridized carbons (Fsp3) is 0.839. The number of carbonyl (C=O) groups excluding carboxylic acids is 1. The third-order valence-corrected chi connectivity index (χ3v) is 7.83. The van der Waals surface area contributed by atoms with Crippen LogP contribution in [0.4, 0.5) is 0 Å². The van der Waals surface area contributed by atoms with Crippen LogP contribution in [0.2, 0.25) is 0 Å². The van der Waals surface area contributed by atoms with Crippen LogP contribution in [-0.4, -0.2) is 94.4 Å². The topological polar surface area (TPSA) is 92.1 Å². The molecule has 0 radical (unpaired) electrons. The second-order valence-corrected chi connectivity index (χ2v) is 11.3. The minimum Gasteiger partial charge on any atom is -0.497 e. The average molecular weight is 590 g/mol. The number of nitrogens with two attached hydrogens (primary N) is 1.